The fraction of sp³-hybridized carbons (Fsp3) is 0.500. The van der Waals surface area contributed by atoms with E-state index in [0.717, 1.165) is 31.0 Å². The summed E-state index contributed by atoms with van der Waals surface area (Å²) in [5.74, 6) is 0.445. The van der Waals surface area contributed by atoms with Gasteiger partial charge in [-0.2, -0.15) is 0 Å². The first-order chi connectivity index (χ1) is 17.8. The van der Waals surface area contributed by atoms with Gasteiger partial charge in [-0.1, -0.05) is 30.3 Å². The lowest BCUT2D eigenvalue weighted by Crippen LogP contribution is -2.68. The highest BCUT2D eigenvalue weighted by atomic mass is 16.6. The van der Waals surface area contributed by atoms with Crippen molar-refractivity contribution in [1.82, 2.24) is 10.2 Å². The van der Waals surface area contributed by atoms with Crippen LogP contribution in [0, 0.1) is 5.92 Å². The number of amides is 1. The molecule has 3 atom stereocenters. The number of carbonyl (C=O) groups is 3. The van der Waals surface area contributed by atoms with Gasteiger partial charge in [0.1, 0.15) is 11.4 Å². The number of fused-ring (bicyclic) bond motifs is 1. The molecule has 1 aliphatic heterocycles. The summed E-state index contributed by atoms with van der Waals surface area (Å²) in [6.45, 7) is 5.45. The van der Waals surface area contributed by atoms with Crippen LogP contribution in [0.5, 0.6) is 5.75 Å². The Bertz CT molecular complexity index is 1160. The Morgan fingerprint density at radius 2 is 1.76 bits per heavy atom. The Morgan fingerprint density at radius 1 is 0.973 bits per heavy atom. The SMILES string of the molecule is CC(=O)Oc1cccc([C@@]23CCN(CC4CC4)C[C@@]2(OC(C)=O)CC[C@H](NC(=O)c2ccccc2)C3)c1. The molecule has 1 N–H and O–H groups in total. The predicted octanol–water partition coefficient (Wildman–Crippen LogP) is 4.25. The van der Waals surface area contributed by atoms with Gasteiger partial charge in [-0.25, -0.2) is 0 Å². The normalized spacial score (nSPS) is 27.6. The molecular weight excluding hydrogens is 468 g/mol. The van der Waals surface area contributed by atoms with Crippen molar-refractivity contribution in [2.75, 3.05) is 19.6 Å². The van der Waals surface area contributed by atoms with E-state index in [1.807, 2.05) is 48.5 Å². The smallest absolute Gasteiger partial charge is 0.308 e. The molecule has 0 unspecified atom stereocenters. The maximum atomic E-state index is 13.1. The van der Waals surface area contributed by atoms with E-state index in [1.165, 1.54) is 26.7 Å². The fourth-order valence-electron chi connectivity index (χ4n) is 6.51. The van der Waals surface area contributed by atoms with E-state index in [9.17, 15) is 14.4 Å². The summed E-state index contributed by atoms with van der Waals surface area (Å²) in [4.78, 5) is 39.8. The highest BCUT2D eigenvalue weighted by Crippen LogP contribution is 2.54. The molecule has 2 aliphatic carbocycles. The van der Waals surface area contributed by atoms with Crippen LogP contribution in [0.4, 0.5) is 0 Å². The van der Waals surface area contributed by atoms with Gasteiger partial charge < -0.3 is 14.8 Å². The van der Waals surface area contributed by atoms with Crippen LogP contribution in [-0.4, -0.2) is 54.0 Å². The molecule has 0 spiro atoms. The fourth-order valence-corrected chi connectivity index (χ4v) is 6.51. The van der Waals surface area contributed by atoms with E-state index < -0.39 is 11.0 Å². The summed E-state index contributed by atoms with van der Waals surface area (Å²) in [5.41, 5.74) is 0.359. The zero-order valence-corrected chi connectivity index (χ0v) is 21.7. The molecule has 0 bridgehead atoms. The van der Waals surface area contributed by atoms with Gasteiger partial charge in [-0.3, -0.25) is 19.3 Å². The Balaban J connectivity index is 1.51. The highest BCUT2D eigenvalue weighted by molar-refractivity contribution is 5.94. The second-order valence-electron chi connectivity index (χ2n) is 11.0. The molecule has 1 amide bonds. The van der Waals surface area contributed by atoms with Gasteiger partial charge in [-0.05, 0) is 80.8 Å². The Kier molecular flexibility index (Phi) is 7.08. The number of hydrogen-bond acceptors (Lipinski definition) is 6. The van der Waals surface area contributed by atoms with Crippen LogP contribution < -0.4 is 10.1 Å². The number of ether oxygens (including phenoxy) is 2. The summed E-state index contributed by atoms with van der Waals surface area (Å²) < 4.78 is 11.8. The number of nitrogens with zero attached hydrogens (tertiary/aromatic N) is 1. The van der Waals surface area contributed by atoms with E-state index in [4.69, 9.17) is 9.47 Å². The minimum Gasteiger partial charge on any atom is -0.457 e. The first-order valence-corrected chi connectivity index (χ1v) is 13.4. The molecule has 37 heavy (non-hydrogen) atoms. The van der Waals surface area contributed by atoms with Crippen molar-refractivity contribution in [3.8, 4) is 5.75 Å². The maximum absolute atomic E-state index is 13.1. The van der Waals surface area contributed by atoms with Gasteiger partial charge in [0, 0.05) is 44.0 Å². The molecule has 2 aromatic carbocycles. The second kappa shape index (κ2) is 10.3. The Labute approximate surface area is 218 Å². The number of carbonyl (C=O) groups excluding carboxylic acids is 3. The molecule has 0 radical (unpaired) electrons. The predicted molar refractivity (Wildman–Crippen MR) is 139 cm³/mol. The van der Waals surface area contributed by atoms with Crippen molar-refractivity contribution in [3.63, 3.8) is 0 Å². The Hall–Kier alpha value is -3.19. The number of esters is 2. The van der Waals surface area contributed by atoms with E-state index in [-0.39, 0.29) is 23.9 Å². The zero-order valence-electron chi connectivity index (χ0n) is 21.7. The first-order valence-electron chi connectivity index (χ1n) is 13.4. The number of nitrogens with one attached hydrogen (secondary N) is 1. The average Bonchev–Trinajstić information content (AvgIpc) is 3.68. The van der Waals surface area contributed by atoms with Crippen LogP contribution in [0.3, 0.4) is 0 Å². The third-order valence-corrected chi connectivity index (χ3v) is 8.27. The van der Waals surface area contributed by atoms with Gasteiger partial charge in [0.2, 0.25) is 0 Å². The molecule has 196 valence electrons. The lowest BCUT2D eigenvalue weighted by atomic mass is 9.55. The van der Waals surface area contributed by atoms with Crippen LogP contribution in [0.1, 0.15) is 68.3 Å². The summed E-state index contributed by atoms with van der Waals surface area (Å²) >= 11 is 0. The molecule has 0 aromatic heterocycles. The summed E-state index contributed by atoms with van der Waals surface area (Å²) in [5, 5.41) is 3.26. The van der Waals surface area contributed by atoms with Crippen LogP contribution in [0.2, 0.25) is 0 Å². The molecule has 3 aliphatic rings. The van der Waals surface area contributed by atoms with Crippen molar-refractivity contribution in [3.05, 3.63) is 65.7 Å². The summed E-state index contributed by atoms with van der Waals surface area (Å²) in [7, 11) is 0. The first kappa shape index (κ1) is 25.5. The molecule has 7 heteroatoms. The number of benzene rings is 2. The molecule has 2 aromatic rings. The van der Waals surface area contributed by atoms with Gasteiger partial charge in [0.05, 0.1) is 0 Å². The average molecular weight is 505 g/mol. The van der Waals surface area contributed by atoms with Crippen molar-refractivity contribution < 1.29 is 23.9 Å². The molecule has 7 nitrogen and oxygen atoms in total. The van der Waals surface area contributed by atoms with Crippen molar-refractivity contribution in [1.29, 1.82) is 0 Å². The summed E-state index contributed by atoms with van der Waals surface area (Å²) in [6, 6.07) is 16.8. The number of likely N-dealkylation sites (tertiary alicyclic amines) is 1. The van der Waals surface area contributed by atoms with E-state index in [0.29, 0.717) is 37.1 Å². The van der Waals surface area contributed by atoms with Crippen LogP contribution in [0.25, 0.3) is 0 Å². The largest absolute Gasteiger partial charge is 0.457 e. The van der Waals surface area contributed by atoms with Crippen LogP contribution >= 0.6 is 0 Å². The van der Waals surface area contributed by atoms with Gasteiger partial charge in [-0.15, -0.1) is 0 Å². The monoisotopic (exact) mass is 504 g/mol. The van der Waals surface area contributed by atoms with Crippen molar-refractivity contribution in [2.24, 2.45) is 5.92 Å². The molecule has 5 rings (SSSR count). The third kappa shape index (κ3) is 5.42. The van der Waals surface area contributed by atoms with Gasteiger partial charge in [0.25, 0.3) is 5.91 Å². The molecule has 1 saturated heterocycles. The lowest BCUT2D eigenvalue weighted by molar-refractivity contribution is -0.186. The van der Waals surface area contributed by atoms with E-state index in [2.05, 4.69) is 10.2 Å². The van der Waals surface area contributed by atoms with Crippen molar-refractivity contribution in [2.45, 2.75) is 69.4 Å². The summed E-state index contributed by atoms with van der Waals surface area (Å²) in [6.07, 6.45) is 5.31. The molecule has 1 heterocycles. The Morgan fingerprint density at radius 3 is 2.46 bits per heavy atom. The molecular formula is C30H36N2O5. The molecule has 3 fully saturated rings. The van der Waals surface area contributed by atoms with Gasteiger partial charge in [0.15, 0.2) is 0 Å². The zero-order chi connectivity index (χ0) is 26.0. The quantitative estimate of drug-likeness (QED) is 0.448. The second-order valence-corrected chi connectivity index (χ2v) is 11.0. The highest BCUT2D eigenvalue weighted by Gasteiger charge is 2.61. The lowest BCUT2D eigenvalue weighted by Gasteiger charge is -2.59. The van der Waals surface area contributed by atoms with E-state index >= 15 is 0 Å². The standard InChI is InChI=1S/C30H36N2O5/c1-21(33)36-27-10-6-9-25(17-27)29-15-16-32(19-23-11-12-23)20-30(29,37-22(2)34)14-13-26(18-29)31-28(35)24-7-4-3-5-8-24/h3-10,17,23,26H,11-16,18-20H2,1-2H3,(H,31,35)/t26-,29-,30-/m0/s1. The van der Waals surface area contributed by atoms with Crippen molar-refractivity contribution >= 4 is 17.8 Å². The maximum Gasteiger partial charge on any atom is 0.308 e. The third-order valence-electron chi connectivity index (χ3n) is 8.27. The van der Waals surface area contributed by atoms with Crippen LogP contribution in [-0.2, 0) is 19.7 Å². The molecule has 2 saturated carbocycles. The van der Waals surface area contributed by atoms with E-state index in [1.54, 1.807) is 6.07 Å². The number of hydrogen-bond donors (Lipinski definition) is 1. The minimum absolute atomic E-state index is 0.0799. The number of piperidine rings is 1. The van der Waals surface area contributed by atoms with Gasteiger partial charge >= 0.3 is 11.9 Å². The minimum atomic E-state index is -0.727. The topological polar surface area (TPSA) is 84.9 Å². The van der Waals surface area contributed by atoms with Crippen LogP contribution in [0.15, 0.2) is 54.6 Å². The number of rotatable bonds is 7.